The van der Waals surface area contributed by atoms with Crippen LogP contribution in [0.3, 0.4) is 0 Å². The van der Waals surface area contributed by atoms with Crippen LogP contribution in [-0.2, 0) is 6.54 Å². The summed E-state index contributed by atoms with van der Waals surface area (Å²) in [6.45, 7) is 6.85. The van der Waals surface area contributed by atoms with E-state index in [1.807, 2.05) is 11.8 Å². The van der Waals surface area contributed by atoms with Crippen LogP contribution in [0, 0.1) is 5.92 Å². The van der Waals surface area contributed by atoms with E-state index in [-0.39, 0.29) is 0 Å². The predicted molar refractivity (Wildman–Crippen MR) is 87.1 cm³/mol. The van der Waals surface area contributed by atoms with Gasteiger partial charge in [0.05, 0.1) is 0 Å². The zero-order valence-electron chi connectivity index (χ0n) is 12.2. The first kappa shape index (κ1) is 14.7. The van der Waals surface area contributed by atoms with Crippen LogP contribution in [0.15, 0.2) is 24.3 Å². The summed E-state index contributed by atoms with van der Waals surface area (Å²) in [7, 11) is 0. The van der Waals surface area contributed by atoms with Crippen LogP contribution < -0.4 is 10.2 Å². The van der Waals surface area contributed by atoms with Gasteiger partial charge in [-0.25, -0.2) is 0 Å². The highest BCUT2D eigenvalue weighted by Crippen LogP contribution is 2.20. The molecule has 2 rings (SSSR count). The van der Waals surface area contributed by atoms with E-state index >= 15 is 0 Å². The molecule has 19 heavy (non-hydrogen) atoms. The highest BCUT2D eigenvalue weighted by Gasteiger charge is 2.11. The van der Waals surface area contributed by atoms with Gasteiger partial charge in [-0.15, -0.1) is 0 Å². The molecule has 0 saturated carbocycles. The Morgan fingerprint density at radius 3 is 2.53 bits per heavy atom. The van der Waals surface area contributed by atoms with Gasteiger partial charge < -0.3 is 10.2 Å². The van der Waals surface area contributed by atoms with Crippen molar-refractivity contribution in [2.75, 3.05) is 36.5 Å². The molecule has 0 radical (unpaired) electrons. The molecule has 1 unspecified atom stereocenters. The molecule has 2 nitrogen and oxygen atoms in total. The zero-order chi connectivity index (χ0) is 13.5. The predicted octanol–water partition coefficient (Wildman–Crippen LogP) is 3.38. The fourth-order valence-corrected chi connectivity index (χ4v) is 3.29. The number of hydrogen-bond acceptors (Lipinski definition) is 3. The van der Waals surface area contributed by atoms with Crippen molar-refractivity contribution < 1.29 is 0 Å². The Morgan fingerprint density at radius 1 is 1.21 bits per heavy atom. The summed E-state index contributed by atoms with van der Waals surface area (Å²) in [5.41, 5.74) is 2.77. The maximum absolute atomic E-state index is 3.55. The fraction of sp³-hybridized carbons (Fsp3) is 0.625. The summed E-state index contributed by atoms with van der Waals surface area (Å²) in [6.07, 6.45) is 4.86. The summed E-state index contributed by atoms with van der Waals surface area (Å²) < 4.78 is 0. The van der Waals surface area contributed by atoms with E-state index in [4.69, 9.17) is 0 Å². The van der Waals surface area contributed by atoms with Crippen LogP contribution in [0.2, 0.25) is 0 Å². The van der Waals surface area contributed by atoms with E-state index in [0.717, 1.165) is 19.0 Å². The minimum Gasteiger partial charge on any atom is -0.372 e. The minimum absolute atomic E-state index is 0.749. The van der Waals surface area contributed by atoms with Gasteiger partial charge in [-0.3, -0.25) is 0 Å². The molecule has 0 aliphatic carbocycles. The van der Waals surface area contributed by atoms with Crippen LogP contribution in [0.5, 0.6) is 0 Å². The maximum atomic E-state index is 3.55. The summed E-state index contributed by atoms with van der Waals surface area (Å²) in [5, 5.41) is 3.55. The second kappa shape index (κ2) is 7.81. The smallest absolute Gasteiger partial charge is 0.0366 e. The van der Waals surface area contributed by atoms with Gasteiger partial charge in [0.15, 0.2) is 0 Å². The summed E-state index contributed by atoms with van der Waals surface area (Å²) in [4.78, 5) is 2.48. The Hall–Kier alpha value is -0.670. The van der Waals surface area contributed by atoms with Crippen molar-refractivity contribution >= 4 is 17.4 Å². The van der Waals surface area contributed by atoms with Crippen molar-refractivity contribution in [3.63, 3.8) is 0 Å². The average molecular weight is 278 g/mol. The second-order valence-electron chi connectivity index (χ2n) is 5.55. The minimum atomic E-state index is 0.749. The number of anilines is 1. The molecule has 0 aromatic heterocycles. The first-order valence-corrected chi connectivity index (χ1v) is 8.72. The Balaban J connectivity index is 1.75. The van der Waals surface area contributed by atoms with Gasteiger partial charge in [-0.1, -0.05) is 19.1 Å². The first-order chi connectivity index (χ1) is 9.29. The lowest BCUT2D eigenvalue weighted by Gasteiger charge is -2.18. The van der Waals surface area contributed by atoms with E-state index in [0.29, 0.717) is 0 Å². The average Bonchev–Trinajstić information content (AvgIpc) is 2.94. The standard InChI is InChI=1S/C16H26N2S/c1-14(13-19-2)11-17-12-15-5-7-16(8-6-15)18-9-3-4-10-18/h5-8,14,17H,3-4,9-13H2,1-2H3. The zero-order valence-corrected chi connectivity index (χ0v) is 13.0. The lowest BCUT2D eigenvalue weighted by molar-refractivity contribution is 0.559. The molecule has 1 fully saturated rings. The summed E-state index contributed by atoms with van der Waals surface area (Å²) >= 11 is 1.93. The number of nitrogens with one attached hydrogen (secondary N) is 1. The van der Waals surface area contributed by atoms with Crippen molar-refractivity contribution in [3.8, 4) is 0 Å². The normalized spacial score (nSPS) is 16.8. The molecule has 1 N–H and O–H groups in total. The number of benzene rings is 1. The third-order valence-corrected chi connectivity index (χ3v) is 4.58. The third-order valence-electron chi connectivity index (χ3n) is 3.68. The quantitative estimate of drug-likeness (QED) is 0.823. The van der Waals surface area contributed by atoms with Crippen LogP contribution in [0.4, 0.5) is 5.69 Å². The van der Waals surface area contributed by atoms with E-state index in [9.17, 15) is 0 Å². The molecule has 106 valence electrons. The molecular formula is C16H26N2S. The van der Waals surface area contributed by atoms with Crippen molar-refractivity contribution in [1.82, 2.24) is 5.32 Å². The summed E-state index contributed by atoms with van der Waals surface area (Å²) in [5.74, 6) is 1.99. The van der Waals surface area contributed by atoms with Gasteiger partial charge in [-0.2, -0.15) is 11.8 Å². The van der Waals surface area contributed by atoms with Crippen molar-refractivity contribution in [2.45, 2.75) is 26.3 Å². The van der Waals surface area contributed by atoms with Gasteiger partial charge in [0.1, 0.15) is 0 Å². The van der Waals surface area contributed by atoms with Gasteiger partial charge in [0, 0.05) is 25.3 Å². The highest BCUT2D eigenvalue weighted by atomic mass is 32.2. The monoisotopic (exact) mass is 278 g/mol. The molecule has 3 heteroatoms. The van der Waals surface area contributed by atoms with E-state index in [2.05, 4.69) is 47.7 Å². The molecule has 1 aliphatic heterocycles. The molecule has 1 heterocycles. The van der Waals surface area contributed by atoms with Crippen molar-refractivity contribution in [1.29, 1.82) is 0 Å². The molecule has 0 amide bonds. The summed E-state index contributed by atoms with van der Waals surface area (Å²) in [6, 6.07) is 9.07. The largest absolute Gasteiger partial charge is 0.372 e. The SMILES string of the molecule is CSCC(C)CNCc1ccc(N2CCCC2)cc1. The molecule has 1 saturated heterocycles. The molecule has 1 aromatic carbocycles. The van der Waals surface area contributed by atoms with Crippen molar-refractivity contribution in [3.05, 3.63) is 29.8 Å². The Morgan fingerprint density at radius 2 is 1.89 bits per heavy atom. The molecule has 0 spiro atoms. The Kier molecular flexibility index (Phi) is 6.05. The fourth-order valence-electron chi connectivity index (χ4n) is 2.61. The first-order valence-electron chi connectivity index (χ1n) is 7.33. The molecule has 1 aliphatic rings. The lowest BCUT2D eigenvalue weighted by Crippen LogP contribution is -2.22. The van der Waals surface area contributed by atoms with E-state index in [1.165, 1.54) is 42.9 Å². The van der Waals surface area contributed by atoms with E-state index in [1.54, 1.807) is 0 Å². The lowest BCUT2D eigenvalue weighted by atomic mass is 10.1. The number of thioether (sulfide) groups is 1. The molecule has 1 aromatic rings. The van der Waals surface area contributed by atoms with Crippen LogP contribution >= 0.6 is 11.8 Å². The number of rotatable bonds is 7. The van der Waals surface area contributed by atoms with Gasteiger partial charge >= 0.3 is 0 Å². The Labute approximate surface area is 122 Å². The highest BCUT2D eigenvalue weighted by molar-refractivity contribution is 7.98. The number of nitrogens with zero attached hydrogens (tertiary/aromatic N) is 1. The maximum Gasteiger partial charge on any atom is 0.0366 e. The topological polar surface area (TPSA) is 15.3 Å². The van der Waals surface area contributed by atoms with Crippen LogP contribution in [0.1, 0.15) is 25.3 Å². The Bertz CT molecular complexity index is 358. The third kappa shape index (κ3) is 4.73. The second-order valence-corrected chi connectivity index (χ2v) is 6.46. The van der Waals surface area contributed by atoms with Crippen LogP contribution in [0.25, 0.3) is 0 Å². The van der Waals surface area contributed by atoms with Crippen molar-refractivity contribution in [2.24, 2.45) is 5.92 Å². The van der Waals surface area contributed by atoms with Gasteiger partial charge in [0.25, 0.3) is 0 Å². The van der Waals surface area contributed by atoms with Crippen LogP contribution in [-0.4, -0.2) is 31.6 Å². The molecule has 1 atom stereocenters. The number of hydrogen-bond donors (Lipinski definition) is 1. The van der Waals surface area contributed by atoms with E-state index < -0.39 is 0 Å². The molecule has 0 bridgehead atoms. The van der Waals surface area contributed by atoms with Gasteiger partial charge in [0.2, 0.25) is 0 Å². The van der Waals surface area contributed by atoms with Gasteiger partial charge in [-0.05, 0) is 55.0 Å². The molecular weight excluding hydrogens is 252 g/mol.